The van der Waals surface area contributed by atoms with E-state index in [1.54, 1.807) is 0 Å². The molecule has 0 aromatic heterocycles. The molecule has 0 heterocycles. The van der Waals surface area contributed by atoms with Crippen LogP contribution in [0.1, 0.15) is 0 Å². The van der Waals surface area contributed by atoms with E-state index in [0.717, 1.165) is 4.31 Å². The number of hydrogen-bond acceptors (Lipinski definition) is 5. The maximum Gasteiger partial charge on any atom is 0.343 e. The third kappa shape index (κ3) is 5.85. The molecule has 2 amide bonds. The van der Waals surface area contributed by atoms with Gasteiger partial charge in [-0.25, -0.2) is 17.5 Å². The van der Waals surface area contributed by atoms with Crippen molar-refractivity contribution in [1.82, 2.24) is 14.2 Å². The second kappa shape index (κ2) is 8.88. The number of halogens is 1. The van der Waals surface area contributed by atoms with Crippen LogP contribution in [0.4, 0.5) is 4.79 Å². The van der Waals surface area contributed by atoms with Gasteiger partial charge in [0.15, 0.2) is 0 Å². The summed E-state index contributed by atoms with van der Waals surface area (Å²) >= 11 is 5.46. The number of alkyl halides is 1. The lowest BCUT2D eigenvalue weighted by atomic mass is 10.5. The second-order valence-corrected chi connectivity index (χ2v) is 6.69. The molecule has 0 spiro atoms. The van der Waals surface area contributed by atoms with Crippen LogP contribution >= 0.6 is 11.6 Å². The lowest BCUT2D eigenvalue weighted by Gasteiger charge is -2.25. The number of carbonyl (C=O) groups is 1. The third-order valence-corrected chi connectivity index (χ3v) is 4.39. The average Bonchev–Trinajstić information content (AvgIpc) is 2.39. The summed E-state index contributed by atoms with van der Waals surface area (Å²) in [7, 11) is -0.629. The van der Waals surface area contributed by atoms with Crippen molar-refractivity contribution in [2.45, 2.75) is 0 Å². The molecular weight excluding hydrogens is 308 g/mol. The lowest BCUT2D eigenvalue weighted by Crippen LogP contribution is -2.44. The number of amides is 2. The number of nitroso groups, excluding NO2 is 1. The van der Waals surface area contributed by atoms with Crippen LogP contribution in [-0.2, 0) is 10.0 Å². The van der Waals surface area contributed by atoms with Crippen LogP contribution in [0.3, 0.4) is 0 Å². The first-order chi connectivity index (χ1) is 9.30. The zero-order valence-corrected chi connectivity index (χ0v) is 13.1. The van der Waals surface area contributed by atoms with Crippen LogP contribution in [0.25, 0.3) is 0 Å². The maximum atomic E-state index is 12.0. The van der Waals surface area contributed by atoms with Crippen LogP contribution in [-0.4, -0.2) is 74.0 Å². The van der Waals surface area contributed by atoms with Gasteiger partial charge in [-0.3, -0.25) is 0 Å². The molecule has 0 atom stereocenters. The van der Waals surface area contributed by atoms with Gasteiger partial charge in [0.1, 0.15) is 0 Å². The Bertz CT molecular complexity index is 441. The molecule has 116 valence electrons. The molecule has 0 rings (SSSR count). The minimum Gasteiger partial charge on any atom is -0.318 e. The fraction of sp³-hybridized carbons (Fsp3) is 0.700. The standard InChI is InChI=1S/C10H19ClN4O4S/c1-4-6-14(8-9-20(18,19)13(2)3)10(16)15(12-17)7-5-11/h4H,1,5-9H2,2-3H3. The minimum absolute atomic E-state index is 0.0437. The molecule has 0 radical (unpaired) electrons. The summed E-state index contributed by atoms with van der Waals surface area (Å²) in [6.45, 7) is 3.48. The van der Waals surface area contributed by atoms with Crippen LogP contribution < -0.4 is 0 Å². The molecule has 0 aromatic carbocycles. The van der Waals surface area contributed by atoms with Gasteiger partial charge in [0, 0.05) is 33.1 Å². The highest BCUT2D eigenvalue weighted by Gasteiger charge is 2.23. The molecule has 0 aliphatic heterocycles. The second-order valence-electron chi connectivity index (χ2n) is 4.01. The fourth-order valence-corrected chi connectivity index (χ4v) is 2.22. The van der Waals surface area contributed by atoms with E-state index in [1.165, 1.54) is 25.1 Å². The van der Waals surface area contributed by atoms with E-state index in [9.17, 15) is 18.1 Å². The first-order valence-electron chi connectivity index (χ1n) is 5.77. The van der Waals surface area contributed by atoms with E-state index < -0.39 is 16.1 Å². The van der Waals surface area contributed by atoms with Gasteiger partial charge in [0.2, 0.25) is 10.0 Å². The van der Waals surface area contributed by atoms with Crippen LogP contribution in [0.2, 0.25) is 0 Å². The minimum atomic E-state index is -3.44. The smallest absolute Gasteiger partial charge is 0.318 e. The molecule has 10 heteroatoms. The molecule has 8 nitrogen and oxygen atoms in total. The third-order valence-electron chi connectivity index (χ3n) is 2.41. The predicted molar refractivity (Wildman–Crippen MR) is 77.9 cm³/mol. The van der Waals surface area contributed by atoms with Crippen molar-refractivity contribution in [2.75, 3.05) is 45.4 Å². The average molecular weight is 327 g/mol. The summed E-state index contributed by atoms with van der Waals surface area (Å²) in [4.78, 5) is 23.7. The van der Waals surface area contributed by atoms with Crippen molar-refractivity contribution in [3.05, 3.63) is 17.6 Å². The summed E-state index contributed by atoms with van der Waals surface area (Å²) in [5.74, 6) is -0.206. The number of nitrogens with zero attached hydrogens (tertiary/aromatic N) is 4. The quantitative estimate of drug-likeness (QED) is 0.270. The summed E-state index contributed by atoms with van der Waals surface area (Å²) in [6, 6.07) is -0.700. The van der Waals surface area contributed by atoms with E-state index >= 15 is 0 Å². The Balaban J connectivity index is 4.84. The van der Waals surface area contributed by atoms with Gasteiger partial charge in [-0.1, -0.05) is 6.08 Å². The fourth-order valence-electron chi connectivity index (χ4n) is 1.24. The monoisotopic (exact) mass is 326 g/mol. The molecule has 0 fully saturated rings. The zero-order chi connectivity index (χ0) is 15.8. The Kier molecular flexibility index (Phi) is 8.35. The number of hydrogen-bond donors (Lipinski definition) is 0. The van der Waals surface area contributed by atoms with Gasteiger partial charge in [-0.15, -0.1) is 23.1 Å². The van der Waals surface area contributed by atoms with Gasteiger partial charge < -0.3 is 4.90 Å². The molecule has 0 aliphatic rings. The van der Waals surface area contributed by atoms with E-state index in [2.05, 4.69) is 11.9 Å². The van der Waals surface area contributed by atoms with Gasteiger partial charge in [0.25, 0.3) is 0 Å². The van der Waals surface area contributed by atoms with Crippen LogP contribution in [0, 0.1) is 4.91 Å². The lowest BCUT2D eigenvalue weighted by molar-refractivity contribution is 0.164. The molecular formula is C10H19ClN4O4S. The zero-order valence-electron chi connectivity index (χ0n) is 11.5. The van der Waals surface area contributed by atoms with Gasteiger partial charge in [0.05, 0.1) is 17.6 Å². The van der Waals surface area contributed by atoms with E-state index in [1.807, 2.05) is 0 Å². The molecule has 20 heavy (non-hydrogen) atoms. The van der Waals surface area contributed by atoms with E-state index in [-0.39, 0.29) is 31.3 Å². The van der Waals surface area contributed by atoms with Crippen molar-refractivity contribution in [2.24, 2.45) is 5.29 Å². The van der Waals surface area contributed by atoms with Crippen molar-refractivity contribution < 1.29 is 13.2 Å². The molecule has 0 aliphatic carbocycles. The van der Waals surface area contributed by atoms with Crippen molar-refractivity contribution >= 4 is 27.7 Å². The first-order valence-corrected chi connectivity index (χ1v) is 7.91. The predicted octanol–water partition coefficient (Wildman–Crippen LogP) is 0.708. The van der Waals surface area contributed by atoms with Gasteiger partial charge in [-0.05, 0) is 0 Å². The maximum absolute atomic E-state index is 12.0. The van der Waals surface area contributed by atoms with Crippen molar-refractivity contribution in [3.63, 3.8) is 0 Å². The number of rotatable bonds is 9. The number of sulfonamides is 1. The molecule has 0 saturated heterocycles. The molecule has 0 N–H and O–H groups in total. The Hall–Kier alpha value is -1.19. The van der Waals surface area contributed by atoms with Crippen molar-refractivity contribution in [3.8, 4) is 0 Å². The van der Waals surface area contributed by atoms with Crippen LogP contribution in [0.5, 0.6) is 0 Å². The summed E-state index contributed by atoms with van der Waals surface area (Å²) in [5, 5.41) is 3.23. The Morgan fingerprint density at radius 3 is 2.35 bits per heavy atom. The molecule has 0 bridgehead atoms. The highest BCUT2D eigenvalue weighted by molar-refractivity contribution is 7.89. The normalized spacial score (nSPS) is 11.2. The molecule has 0 saturated carbocycles. The Morgan fingerprint density at radius 1 is 1.35 bits per heavy atom. The SMILES string of the molecule is C=CCN(CCS(=O)(=O)N(C)C)C(=O)N(CCCl)N=O. The van der Waals surface area contributed by atoms with E-state index in [0.29, 0.717) is 5.01 Å². The van der Waals surface area contributed by atoms with Gasteiger partial charge in [-0.2, -0.15) is 5.01 Å². The van der Waals surface area contributed by atoms with Crippen molar-refractivity contribution in [1.29, 1.82) is 0 Å². The number of carbonyl (C=O) groups excluding carboxylic acids is 1. The summed E-state index contributed by atoms with van der Waals surface area (Å²) in [6.07, 6.45) is 1.43. The highest BCUT2D eigenvalue weighted by Crippen LogP contribution is 2.03. The summed E-state index contributed by atoms with van der Waals surface area (Å²) in [5.41, 5.74) is 0. The van der Waals surface area contributed by atoms with Crippen LogP contribution in [0.15, 0.2) is 17.9 Å². The topological polar surface area (TPSA) is 90.4 Å². The largest absolute Gasteiger partial charge is 0.343 e. The molecule has 0 aromatic rings. The summed E-state index contributed by atoms with van der Waals surface area (Å²) < 4.78 is 24.4. The Morgan fingerprint density at radius 2 is 1.95 bits per heavy atom. The number of urea groups is 1. The van der Waals surface area contributed by atoms with E-state index in [4.69, 9.17) is 11.6 Å². The van der Waals surface area contributed by atoms with Gasteiger partial charge >= 0.3 is 6.03 Å². The first kappa shape index (κ1) is 18.8. The molecule has 0 unspecified atom stereocenters. The highest BCUT2D eigenvalue weighted by atomic mass is 35.5. The Labute approximate surface area is 124 Å².